The van der Waals surface area contributed by atoms with E-state index in [0.29, 0.717) is 12.5 Å². The lowest BCUT2D eigenvalue weighted by Crippen LogP contribution is -2.08. The third-order valence-corrected chi connectivity index (χ3v) is 3.84. The molecule has 0 aliphatic carbocycles. The quantitative estimate of drug-likeness (QED) is 0.800. The molecule has 0 spiro atoms. The van der Waals surface area contributed by atoms with Gasteiger partial charge in [0.15, 0.2) is 5.65 Å². The van der Waals surface area contributed by atoms with Crippen LogP contribution in [0.25, 0.3) is 5.65 Å². The Bertz CT molecular complexity index is 804. The van der Waals surface area contributed by atoms with E-state index in [4.69, 9.17) is 0 Å². The summed E-state index contributed by atoms with van der Waals surface area (Å²) in [6.07, 6.45) is 3.69. The maximum atomic E-state index is 4.62. The molecule has 0 aliphatic rings. The molecule has 114 valence electrons. The largest absolute Gasteiger partial charge is 0.366 e. The van der Waals surface area contributed by atoms with E-state index in [9.17, 15) is 0 Å². The summed E-state index contributed by atoms with van der Waals surface area (Å²) in [4.78, 5) is 9.04. The highest BCUT2D eigenvalue weighted by Crippen LogP contribution is 2.19. The SMILES string of the molecule is Cc1cc(CNc2cc(C(C)C)nc3ccnn23)cnc1C. The second-order valence-electron chi connectivity index (χ2n) is 5.92. The van der Waals surface area contributed by atoms with Gasteiger partial charge in [-0.1, -0.05) is 19.9 Å². The van der Waals surface area contributed by atoms with Crippen molar-refractivity contribution in [2.24, 2.45) is 0 Å². The Morgan fingerprint density at radius 1 is 1.23 bits per heavy atom. The van der Waals surface area contributed by atoms with E-state index in [1.54, 1.807) is 6.20 Å². The van der Waals surface area contributed by atoms with Crippen LogP contribution in [0.3, 0.4) is 0 Å². The van der Waals surface area contributed by atoms with E-state index in [1.807, 2.05) is 23.7 Å². The van der Waals surface area contributed by atoms with E-state index < -0.39 is 0 Å². The van der Waals surface area contributed by atoms with Crippen molar-refractivity contribution in [3.8, 4) is 0 Å². The van der Waals surface area contributed by atoms with Gasteiger partial charge in [0.25, 0.3) is 0 Å². The monoisotopic (exact) mass is 295 g/mol. The molecular weight excluding hydrogens is 274 g/mol. The molecule has 3 aromatic heterocycles. The Hall–Kier alpha value is -2.43. The van der Waals surface area contributed by atoms with E-state index in [-0.39, 0.29) is 0 Å². The first kappa shape index (κ1) is 14.5. The average Bonchev–Trinajstić information content (AvgIpc) is 2.96. The number of aromatic nitrogens is 4. The fourth-order valence-electron chi connectivity index (χ4n) is 2.34. The van der Waals surface area contributed by atoms with Gasteiger partial charge in [-0.15, -0.1) is 0 Å². The highest BCUT2D eigenvalue weighted by atomic mass is 15.3. The molecule has 3 aromatic rings. The average molecular weight is 295 g/mol. The van der Waals surface area contributed by atoms with Crippen LogP contribution in [-0.4, -0.2) is 19.6 Å². The minimum absolute atomic E-state index is 0.378. The summed E-state index contributed by atoms with van der Waals surface area (Å²) < 4.78 is 1.83. The fourth-order valence-corrected chi connectivity index (χ4v) is 2.34. The summed E-state index contributed by atoms with van der Waals surface area (Å²) in [6.45, 7) is 9.11. The van der Waals surface area contributed by atoms with Crippen LogP contribution >= 0.6 is 0 Å². The van der Waals surface area contributed by atoms with Gasteiger partial charge in [-0.2, -0.15) is 9.61 Å². The molecule has 22 heavy (non-hydrogen) atoms. The van der Waals surface area contributed by atoms with Crippen LogP contribution in [0.2, 0.25) is 0 Å². The third kappa shape index (κ3) is 2.79. The minimum atomic E-state index is 0.378. The summed E-state index contributed by atoms with van der Waals surface area (Å²) >= 11 is 0. The van der Waals surface area contributed by atoms with Crippen LogP contribution in [0, 0.1) is 13.8 Å². The lowest BCUT2D eigenvalue weighted by Gasteiger charge is -2.12. The topological polar surface area (TPSA) is 55.1 Å². The Morgan fingerprint density at radius 3 is 2.77 bits per heavy atom. The van der Waals surface area contributed by atoms with Crippen LogP contribution in [0.4, 0.5) is 5.82 Å². The summed E-state index contributed by atoms with van der Waals surface area (Å²) in [5.41, 5.74) is 5.37. The highest BCUT2D eigenvalue weighted by molar-refractivity contribution is 5.49. The Labute approximate surface area is 130 Å². The second-order valence-corrected chi connectivity index (χ2v) is 5.92. The zero-order valence-electron chi connectivity index (χ0n) is 13.5. The van der Waals surface area contributed by atoms with Gasteiger partial charge in [-0.3, -0.25) is 4.98 Å². The van der Waals surface area contributed by atoms with Gasteiger partial charge in [0.2, 0.25) is 0 Å². The molecule has 0 aromatic carbocycles. The van der Waals surface area contributed by atoms with Crippen LogP contribution in [-0.2, 0) is 6.54 Å². The molecule has 0 unspecified atom stereocenters. The Kier molecular flexibility index (Phi) is 3.79. The number of rotatable bonds is 4. The lowest BCUT2D eigenvalue weighted by atomic mass is 10.1. The van der Waals surface area contributed by atoms with Crippen LogP contribution in [0.1, 0.15) is 42.3 Å². The van der Waals surface area contributed by atoms with Gasteiger partial charge in [-0.25, -0.2) is 4.98 Å². The number of hydrogen-bond acceptors (Lipinski definition) is 4. The zero-order valence-corrected chi connectivity index (χ0v) is 13.5. The minimum Gasteiger partial charge on any atom is -0.366 e. The fraction of sp³-hybridized carbons (Fsp3) is 0.353. The van der Waals surface area contributed by atoms with E-state index >= 15 is 0 Å². The van der Waals surface area contributed by atoms with E-state index in [0.717, 1.165) is 28.4 Å². The number of nitrogens with zero attached hydrogens (tertiary/aromatic N) is 4. The standard InChI is InChI=1S/C17H21N5/c1-11(2)15-8-17(22-16(21-15)5-6-20-22)19-10-14-7-12(3)13(4)18-9-14/h5-9,11,19H,10H2,1-4H3. The normalized spacial score (nSPS) is 11.3. The number of pyridine rings is 1. The summed E-state index contributed by atoms with van der Waals surface area (Å²) in [6, 6.07) is 6.16. The van der Waals surface area contributed by atoms with Crippen molar-refractivity contribution in [2.75, 3.05) is 5.32 Å². The van der Waals surface area contributed by atoms with Crippen molar-refractivity contribution >= 4 is 11.5 Å². The van der Waals surface area contributed by atoms with Crippen LogP contribution in [0.5, 0.6) is 0 Å². The molecule has 0 aliphatic heterocycles. The number of hydrogen-bond donors (Lipinski definition) is 1. The molecule has 5 heteroatoms. The summed E-state index contributed by atoms with van der Waals surface area (Å²) in [7, 11) is 0. The summed E-state index contributed by atoms with van der Waals surface area (Å²) in [5, 5.41) is 7.79. The van der Waals surface area contributed by atoms with Gasteiger partial charge >= 0.3 is 0 Å². The molecule has 1 N–H and O–H groups in total. The molecular formula is C17H21N5. The third-order valence-electron chi connectivity index (χ3n) is 3.84. The first-order chi connectivity index (χ1) is 10.5. The van der Waals surface area contributed by atoms with E-state index in [1.165, 1.54) is 5.56 Å². The van der Waals surface area contributed by atoms with Crippen molar-refractivity contribution in [2.45, 2.75) is 40.2 Å². The number of nitrogens with one attached hydrogen (secondary N) is 1. The molecule has 0 atom stereocenters. The molecule has 0 amide bonds. The van der Waals surface area contributed by atoms with E-state index in [2.05, 4.69) is 53.3 Å². The molecule has 0 radical (unpaired) electrons. The number of aryl methyl sites for hydroxylation is 2. The first-order valence-corrected chi connectivity index (χ1v) is 7.55. The second kappa shape index (κ2) is 5.75. The van der Waals surface area contributed by atoms with Gasteiger partial charge < -0.3 is 5.32 Å². The maximum Gasteiger partial charge on any atom is 0.157 e. The van der Waals surface area contributed by atoms with Crippen molar-refractivity contribution in [1.29, 1.82) is 0 Å². The van der Waals surface area contributed by atoms with Gasteiger partial charge in [0, 0.05) is 36.3 Å². The molecule has 0 saturated carbocycles. The molecule has 0 saturated heterocycles. The summed E-state index contributed by atoms with van der Waals surface area (Å²) in [5.74, 6) is 1.33. The first-order valence-electron chi connectivity index (χ1n) is 7.55. The van der Waals surface area contributed by atoms with Crippen molar-refractivity contribution in [1.82, 2.24) is 19.6 Å². The van der Waals surface area contributed by atoms with Gasteiger partial charge in [-0.05, 0) is 30.9 Å². The highest BCUT2D eigenvalue weighted by Gasteiger charge is 2.09. The molecule has 5 nitrogen and oxygen atoms in total. The molecule has 0 bridgehead atoms. The predicted octanol–water partition coefficient (Wildman–Crippen LogP) is 3.48. The number of fused-ring (bicyclic) bond motifs is 1. The number of anilines is 1. The van der Waals surface area contributed by atoms with Gasteiger partial charge in [0.05, 0.1) is 6.20 Å². The predicted molar refractivity (Wildman–Crippen MR) is 88.1 cm³/mol. The van der Waals surface area contributed by atoms with Crippen molar-refractivity contribution in [3.05, 3.63) is 53.1 Å². The van der Waals surface area contributed by atoms with Crippen LogP contribution < -0.4 is 5.32 Å². The zero-order chi connectivity index (χ0) is 15.7. The molecule has 3 rings (SSSR count). The van der Waals surface area contributed by atoms with Crippen molar-refractivity contribution in [3.63, 3.8) is 0 Å². The Balaban J connectivity index is 1.89. The van der Waals surface area contributed by atoms with Gasteiger partial charge in [0.1, 0.15) is 5.82 Å². The Morgan fingerprint density at radius 2 is 2.05 bits per heavy atom. The lowest BCUT2D eigenvalue weighted by molar-refractivity contribution is 0.808. The molecule has 3 heterocycles. The van der Waals surface area contributed by atoms with Crippen LogP contribution in [0.15, 0.2) is 30.6 Å². The maximum absolute atomic E-state index is 4.62. The smallest absolute Gasteiger partial charge is 0.157 e. The molecule has 0 fully saturated rings. The van der Waals surface area contributed by atoms with Crippen molar-refractivity contribution < 1.29 is 0 Å².